The first-order valence-corrected chi connectivity index (χ1v) is 11.6. The molecule has 0 saturated carbocycles. The molecule has 1 saturated heterocycles. The van der Waals surface area contributed by atoms with Gasteiger partial charge in [0.1, 0.15) is 0 Å². The van der Waals surface area contributed by atoms with Crippen LogP contribution in [0, 0.1) is 0 Å². The van der Waals surface area contributed by atoms with E-state index >= 15 is 0 Å². The summed E-state index contributed by atoms with van der Waals surface area (Å²) < 4.78 is 6.29. The van der Waals surface area contributed by atoms with Crippen molar-refractivity contribution in [1.29, 1.82) is 0 Å². The van der Waals surface area contributed by atoms with Gasteiger partial charge >= 0.3 is 0 Å². The predicted molar refractivity (Wildman–Crippen MR) is 120 cm³/mol. The molecule has 3 aliphatic heterocycles. The van der Waals surface area contributed by atoms with E-state index in [1.807, 2.05) is 0 Å². The Morgan fingerprint density at radius 3 is 2.60 bits per heavy atom. The summed E-state index contributed by atoms with van der Waals surface area (Å²) in [6, 6.07) is 17.1. The Bertz CT molecular complexity index is 1100. The average Bonchev–Trinajstić information content (AvgIpc) is 3.35. The number of ether oxygens (including phenoxy) is 1. The first-order valence-electron chi connectivity index (χ1n) is 10.8. The minimum absolute atomic E-state index is 0.0653. The van der Waals surface area contributed by atoms with Crippen LogP contribution in [0.2, 0.25) is 0 Å². The lowest BCUT2D eigenvalue weighted by molar-refractivity contribution is -0.113. The highest BCUT2D eigenvalue weighted by Crippen LogP contribution is 2.46. The number of allylic oxidation sites excluding steroid dienone is 1. The zero-order valence-electron chi connectivity index (χ0n) is 16.9. The predicted octanol–water partition coefficient (Wildman–Crippen LogP) is 4.88. The Labute approximate surface area is 181 Å². The molecule has 1 amide bonds. The number of amides is 1. The van der Waals surface area contributed by atoms with Crippen molar-refractivity contribution >= 4 is 28.4 Å². The van der Waals surface area contributed by atoms with Gasteiger partial charge in [0.05, 0.1) is 17.1 Å². The minimum Gasteiger partial charge on any atom is -0.365 e. The number of aliphatic imine (C=N–C) groups is 1. The van der Waals surface area contributed by atoms with E-state index < -0.39 is 0 Å². The molecule has 4 nitrogen and oxygen atoms in total. The van der Waals surface area contributed by atoms with E-state index in [2.05, 4.69) is 58.4 Å². The van der Waals surface area contributed by atoms with E-state index in [0.29, 0.717) is 6.61 Å². The largest absolute Gasteiger partial charge is 0.365 e. The molecule has 6 rings (SSSR count). The molecule has 2 aromatic carbocycles. The molecule has 0 N–H and O–H groups in total. The summed E-state index contributed by atoms with van der Waals surface area (Å²) >= 11 is 1.58. The summed E-state index contributed by atoms with van der Waals surface area (Å²) in [6.45, 7) is 2.44. The van der Waals surface area contributed by atoms with Gasteiger partial charge in [0, 0.05) is 13.1 Å². The number of thioether (sulfide) groups is 1. The van der Waals surface area contributed by atoms with Gasteiger partial charge in [0.2, 0.25) is 0 Å². The molecule has 0 atom stereocenters. The third-order valence-corrected chi connectivity index (χ3v) is 8.09. The summed E-state index contributed by atoms with van der Waals surface area (Å²) in [5.74, 6) is -0.0653. The van der Waals surface area contributed by atoms with Gasteiger partial charge in [0.15, 0.2) is 5.17 Å². The van der Waals surface area contributed by atoms with Gasteiger partial charge in [0.25, 0.3) is 5.91 Å². The summed E-state index contributed by atoms with van der Waals surface area (Å²) in [5, 5.41) is 0.867. The number of rotatable bonds is 0. The molecule has 3 heterocycles. The second-order valence-electron chi connectivity index (χ2n) is 8.55. The summed E-state index contributed by atoms with van der Waals surface area (Å²) in [4.78, 5) is 20.4. The van der Waals surface area contributed by atoms with Crippen molar-refractivity contribution in [3.05, 3.63) is 75.7 Å². The van der Waals surface area contributed by atoms with Gasteiger partial charge in [-0.05, 0) is 71.7 Å². The maximum atomic E-state index is 12.8. The molecule has 0 aromatic heterocycles. The number of carbonyl (C=O) groups is 1. The van der Waals surface area contributed by atoms with Gasteiger partial charge in [-0.1, -0.05) is 48.5 Å². The van der Waals surface area contributed by atoms with Crippen LogP contribution in [0.25, 0.3) is 5.57 Å². The fourth-order valence-corrected chi connectivity index (χ4v) is 6.43. The Balaban J connectivity index is 1.22. The molecular formula is C25H24N2O2S. The molecule has 1 fully saturated rings. The van der Waals surface area contributed by atoms with Crippen LogP contribution in [0.3, 0.4) is 0 Å². The lowest BCUT2D eigenvalue weighted by atomic mass is 9.84. The van der Waals surface area contributed by atoms with Crippen LogP contribution in [0.15, 0.2) is 58.4 Å². The van der Waals surface area contributed by atoms with E-state index in [0.717, 1.165) is 55.3 Å². The fourth-order valence-electron chi connectivity index (χ4n) is 5.34. The third-order valence-electron chi connectivity index (χ3n) is 6.93. The van der Waals surface area contributed by atoms with Crippen molar-refractivity contribution in [2.75, 3.05) is 13.1 Å². The number of nitrogens with zero attached hydrogens (tertiary/aromatic N) is 2. The monoisotopic (exact) mass is 416 g/mol. The van der Waals surface area contributed by atoms with Crippen molar-refractivity contribution in [3.63, 3.8) is 0 Å². The van der Waals surface area contributed by atoms with Gasteiger partial charge in [-0.15, -0.1) is 0 Å². The highest BCUT2D eigenvalue weighted by Gasteiger charge is 2.43. The van der Waals surface area contributed by atoms with Crippen molar-refractivity contribution in [2.45, 2.75) is 44.3 Å². The van der Waals surface area contributed by atoms with E-state index in [4.69, 9.17) is 4.74 Å². The molecule has 0 bridgehead atoms. The Morgan fingerprint density at radius 1 is 0.967 bits per heavy atom. The van der Waals surface area contributed by atoms with Crippen molar-refractivity contribution in [2.24, 2.45) is 4.99 Å². The van der Waals surface area contributed by atoms with Crippen LogP contribution in [0.5, 0.6) is 0 Å². The van der Waals surface area contributed by atoms with Crippen LogP contribution in [0.4, 0.5) is 0 Å². The molecule has 152 valence electrons. The van der Waals surface area contributed by atoms with Crippen LogP contribution in [-0.4, -0.2) is 29.1 Å². The number of carbonyl (C=O) groups excluding carboxylic acids is 1. The Morgan fingerprint density at radius 2 is 1.73 bits per heavy atom. The van der Waals surface area contributed by atoms with Crippen LogP contribution in [0.1, 0.15) is 47.9 Å². The van der Waals surface area contributed by atoms with Crippen LogP contribution < -0.4 is 0 Å². The molecule has 30 heavy (non-hydrogen) atoms. The number of benzene rings is 2. The maximum Gasteiger partial charge on any atom is 0.286 e. The topological polar surface area (TPSA) is 41.9 Å². The van der Waals surface area contributed by atoms with Crippen molar-refractivity contribution < 1.29 is 9.53 Å². The normalized spacial score (nSPS) is 24.7. The van der Waals surface area contributed by atoms with Gasteiger partial charge < -0.3 is 9.64 Å². The molecule has 0 radical (unpaired) electrons. The number of likely N-dealkylation sites (tertiary alicyclic amines) is 1. The zero-order chi connectivity index (χ0) is 20.1. The molecule has 1 spiro atoms. The van der Waals surface area contributed by atoms with E-state index in [-0.39, 0.29) is 11.5 Å². The lowest BCUT2D eigenvalue weighted by Crippen LogP contribution is -2.44. The zero-order valence-corrected chi connectivity index (χ0v) is 17.7. The quantitative estimate of drug-likeness (QED) is 0.574. The van der Waals surface area contributed by atoms with Gasteiger partial charge in [-0.2, -0.15) is 4.99 Å². The molecule has 0 unspecified atom stereocenters. The summed E-state index contributed by atoms with van der Waals surface area (Å²) in [5.41, 5.74) is 6.28. The smallest absolute Gasteiger partial charge is 0.286 e. The highest BCUT2D eigenvalue weighted by molar-refractivity contribution is 8.18. The van der Waals surface area contributed by atoms with Crippen LogP contribution >= 0.6 is 11.8 Å². The molecular weight excluding hydrogens is 392 g/mol. The standard InChI is InChI=1S/C25H24N2O2S/c28-23-22(20-10-5-8-17-6-1-3-9-19(17)20)30-24(26-23)27-14-12-25(13-15-27)21-11-4-2-7-18(21)16-29-25/h1-4,6-7,9,11H,5,8,10,12-16H2/b22-20-. The third kappa shape index (κ3) is 2.87. The van der Waals surface area contributed by atoms with Crippen LogP contribution in [-0.2, 0) is 28.2 Å². The minimum atomic E-state index is -0.162. The van der Waals surface area contributed by atoms with Gasteiger partial charge in [-0.25, -0.2) is 0 Å². The summed E-state index contributed by atoms with van der Waals surface area (Å²) in [7, 11) is 0. The molecule has 2 aromatic rings. The average molecular weight is 417 g/mol. The van der Waals surface area contributed by atoms with Crippen molar-refractivity contribution in [1.82, 2.24) is 4.90 Å². The van der Waals surface area contributed by atoms with E-state index in [1.54, 1.807) is 11.8 Å². The first kappa shape index (κ1) is 18.4. The number of aryl methyl sites for hydroxylation is 1. The maximum absolute atomic E-state index is 12.8. The van der Waals surface area contributed by atoms with Gasteiger partial charge in [-0.3, -0.25) is 4.79 Å². The lowest BCUT2D eigenvalue weighted by Gasteiger charge is -2.39. The molecule has 5 heteroatoms. The van der Waals surface area contributed by atoms with Crippen molar-refractivity contribution in [3.8, 4) is 0 Å². The highest BCUT2D eigenvalue weighted by atomic mass is 32.2. The summed E-state index contributed by atoms with van der Waals surface area (Å²) in [6.07, 6.45) is 5.03. The Hall–Kier alpha value is -2.37. The number of hydrogen-bond donors (Lipinski definition) is 0. The second-order valence-corrected chi connectivity index (χ2v) is 9.52. The Kier molecular flexibility index (Phi) is 4.36. The number of piperidine rings is 1. The fraction of sp³-hybridized carbons (Fsp3) is 0.360. The van der Waals surface area contributed by atoms with E-state index in [9.17, 15) is 4.79 Å². The first-order chi connectivity index (χ1) is 14.7. The molecule has 1 aliphatic carbocycles. The SMILES string of the molecule is O=C1N=C(N2CCC3(CC2)OCc2ccccc23)S/C1=C1/CCCc2ccccc21. The molecule has 4 aliphatic rings. The second kappa shape index (κ2) is 7.10. The number of amidine groups is 1. The number of fused-ring (bicyclic) bond motifs is 3. The van der Waals surface area contributed by atoms with E-state index in [1.165, 1.54) is 27.8 Å². The number of hydrogen-bond acceptors (Lipinski definition) is 4.